The number of likely N-dealkylation sites (tertiary alicyclic amines) is 1. The van der Waals surface area contributed by atoms with E-state index in [1.807, 2.05) is 0 Å². The first-order valence-electron chi connectivity index (χ1n) is 11.4. The lowest BCUT2D eigenvalue weighted by Crippen LogP contribution is -2.42. The molecule has 0 radical (unpaired) electrons. The molecule has 4 unspecified atom stereocenters. The van der Waals surface area contributed by atoms with Crippen LogP contribution >= 0.6 is 24.0 Å². The molecule has 1 saturated heterocycles. The molecule has 3 rings (SSSR count). The van der Waals surface area contributed by atoms with Crippen molar-refractivity contribution in [2.45, 2.75) is 40.0 Å². The lowest BCUT2D eigenvalue weighted by Gasteiger charge is -2.20. The first-order valence-corrected chi connectivity index (χ1v) is 11.4. The van der Waals surface area contributed by atoms with E-state index in [1.165, 1.54) is 4.90 Å². The Morgan fingerprint density at radius 2 is 1.77 bits per heavy atom. The van der Waals surface area contributed by atoms with E-state index in [0.717, 1.165) is 51.5 Å². The maximum absolute atomic E-state index is 12.7. The van der Waals surface area contributed by atoms with Crippen molar-refractivity contribution >= 4 is 41.8 Å². The van der Waals surface area contributed by atoms with Crippen LogP contribution in [0.15, 0.2) is 17.1 Å². The number of fused-ring (bicyclic) bond motifs is 5. The number of halogens is 1. The summed E-state index contributed by atoms with van der Waals surface area (Å²) in [7, 11) is 0. The fourth-order valence-electron chi connectivity index (χ4n) is 5.02. The standard InChI is InChI=1S/C22H37N5O2.HI/c1-4-12-26(6-3)14-11-25-22(23-5-2)24-10-7-13-27-20(28)18-16-8-9-17(15-16)19(18)21(27)29;/h8-9,16-19H,4-7,10-15H2,1-3H3,(H2,23,24,25);1H. The van der Waals surface area contributed by atoms with Gasteiger partial charge in [-0.3, -0.25) is 19.5 Å². The monoisotopic (exact) mass is 531 g/mol. The van der Waals surface area contributed by atoms with Crippen molar-refractivity contribution in [3.8, 4) is 0 Å². The highest BCUT2D eigenvalue weighted by molar-refractivity contribution is 14.0. The molecule has 7 nitrogen and oxygen atoms in total. The van der Waals surface area contributed by atoms with Gasteiger partial charge in [0.05, 0.1) is 11.8 Å². The highest BCUT2D eigenvalue weighted by atomic mass is 127. The van der Waals surface area contributed by atoms with Gasteiger partial charge in [-0.15, -0.1) is 24.0 Å². The molecule has 0 aromatic rings. The second kappa shape index (κ2) is 12.0. The van der Waals surface area contributed by atoms with Gasteiger partial charge < -0.3 is 15.5 Å². The minimum Gasteiger partial charge on any atom is -0.357 e. The van der Waals surface area contributed by atoms with Crippen molar-refractivity contribution < 1.29 is 9.59 Å². The predicted molar refractivity (Wildman–Crippen MR) is 131 cm³/mol. The molecule has 1 aliphatic heterocycles. The summed E-state index contributed by atoms with van der Waals surface area (Å²) in [6, 6.07) is 0. The largest absolute Gasteiger partial charge is 0.357 e. The number of likely N-dealkylation sites (N-methyl/N-ethyl adjacent to an activating group) is 1. The molecule has 1 saturated carbocycles. The zero-order valence-electron chi connectivity index (χ0n) is 18.6. The Bertz CT molecular complexity index is 623. The van der Waals surface area contributed by atoms with Crippen LogP contribution in [-0.4, -0.2) is 73.4 Å². The van der Waals surface area contributed by atoms with Gasteiger partial charge in [0.2, 0.25) is 11.8 Å². The van der Waals surface area contributed by atoms with Crippen LogP contribution in [0.5, 0.6) is 0 Å². The van der Waals surface area contributed by atoms with E-state index in [1.54, 1.807) is 0 Å². The Kier molecular flexibility index (Phi) is 10.1. The molecule has 0 aromatic carbocycles. The number of hydrogen-bond acceptors (Lipinski definition) is 4. The Morgan fingerprint density at radius 3 is 2.33 bits per heavy atom. The molecule has 0 spiro atoms. The van der Waals surface area contributed by atoms with Crippen molar-refractivity contribution in [1.82, 2.24) is 20.4 Å². The molecule has 2 bridgehead atoms. The molecule has 30 heavy (non-hydrogen) atoms. The summed E-state index contributed by atoms with van der Waals surface area (Å²) in [6.45, 7) is 12.3. The Hall–Kier alpha value is -1.16. The molecule has 4 atom stereocenters. The molecular weight excluding hydrogens is 493 g/mol. The molecule has 2 amide bonds. The summed E-state index contributed by atoms with van der Waals surface area (Å²) in [4.78, 5) is 34.0. The number of carbonyl (C=O) groups excluding carboxylic acids is 2. The lowest BCUT2D eigenvalue weighted by atomic mass is 9.85. The minimum absolute atomic E-state index is 0. The van der Waals surface area contributed by atoms with Crippen LogP contribution in [0.25, 0.3) is 0 Å². The van der Waals surface area contributed by atoms with Gasteiger partial charge in [0.25, 0.3) is 0 Å². The van der Waals surface area contributed by atoms with Crippen LogP contribution in [0.1, 0.15) is 40.0 Å². The van der Waals surface area contributed by atoms with E-state index in [0.29, 0.717) is 19.5 Å². The molecule has 2 N–H and O–H groups in total. The summed E-state index contributed by atoms with van der Waals surface area (Å²) in [6.07, 6.45) is 7.12. The molecule has 2 aliphatic carbocycles. The van der Waals surface area contributed by atoms with Gasteiger partial charge in [-0.2, -0.15) is 0 Å². The second-order valence-electron chi connectivity index (χ2n) is 8.30. The summed E-state index contributed by atoms with van der Waals surface area (Å²) in [5.41, 5.74) is 0. The normalized spacial score (nSPS) is 27.1. The number of nitrogens with one attached hydrogen (secondary N) is 2. The number of guanidine groups is 1. The maximum atomic E-state index is 12.7. The first-order chi connectivity index (χ1) is 14.1. The number of rotatable bonds is 11. The predicted octanol–water partition coefficient (Wildman–Crippen LogP) is 2.09. The van der Waals surface area contributed by atoms with Crippen LogP contribution < -0.4 is 10.6 Å². The zero-order chi connectivity index (χ0) is 20.8. The number of aliphatic imine (C=N–C) groups is 1. The fraction of sp³-hybridized carbons (Fsp3) is 0.773. The van der Waals surface area contributed by atoms with Crippen LogP contribution in [-0.2, 0) is 9.59 Å². The third-order valence-corrected chi connectivity index (χ3v) is 6.42. The second-order valence-corrected chi connectivity index (χ2v) is 8.30. The van der Waals surface area contributed by atoms with Crippen LogP contribution in [0, 0.1) is 23.7 Å². The lowest BCUT2D eigenvalue weighted by molar-refractivity contribution is -0.140. The highest BCUT2D eigenvalue weighted by Crippen LogP contribution is 2.52. The van der Waals surface area contributed by atoms with Gasteiger partial charge in [-0.1, -0.05) is 26.0 Å². The minimum atomic E-state index is -0.0929. The summed E-state index contributed by atoms with van der Waals surface area (Å²) in [5.74, 6) is 1.27. The third kappa shape index (κ3) is 5.55. The van der Waals surface area contributed by atoms with Crippen molar-refractivity contribution in [1.29, 1.82) is 0 Å². The van der Waals surface area contributed by atoms with Gasteiger partial charge in [-0.25, -0.2) is 0 Å². The highest BCUT2D eigenvalue weighted by Gasteiger charge is 2.58. The zero-order valence-corrected chi connectivity index (χ0v) is 20.9. The van der Waals surface area contributed by atoms with Crippen LogP contribution in [0.3, 0.4) is 0 Å². The van der Waals surface area contributed by atoms with Gasteiger partial charge >= 0.3 is 0 Å². The van der Waals surface area contributed by atoms with Gasteiger partial charge in [0.15, 0.2) is 5.96 Å². The van der Waals surface area contributed by atoms with Crippen molar-refractivity contribution in [3.63, 3.8) is 0 Å². The summed E-state index contributed by atoms with van der Waals surface area (Å²) < 4.78 is 0. The van der Waals surface area contributed by atoms with E-state index in [9.17, 15) is 9.59 Å². The van der Waals surface area contributed by atoms with E-state index in [4.69, 9.17) is 0 Å². The van der Waals surface area contributed by atoms with Crippen LogP contribution in [0.4, 0.5) is 0 Å². The first kappa shape index (κ1) is 25.1. The fourth-order valence-corrected chi connectivity index (χ4v) is 5.02. The topological polar surface area (TPSA) is 77.0 Å². The third-order valence-electron chi connectivity index (χ3n) is 6.42. The average molecular weight is 531 g/mol. The number of carbonyl (C=O) groups is 2. The Labute approximate surface area is 198 Å². The number of hydrogen-bond donors (Lipinski definition) is 2. The summed E-state index contributed by atoms with van der Waals surface area (Å²) in [5, 5.41) is 6.65. The Balaban J connectivity index is 0.00000320. The number of imide groups is 1. The smallest absolute Gasteiger partial charge is 0.233 e. The van der Waals surface area contributed by atoms with Gasteiger partial charge in [0, 0.05) is 32.7 Å². The molecule has 170 valence electrons. The van der Waals surface area contributed by atoms with E-state index >= 15 is 0 Å². The van der Waals surface area contributed by atoms with Crippen molar-refractivity contribution in [3.05, 3.63) is 12.2 Å². The number of amides is 2. The van der Waals surface area contributed by atoms with Gasteiger partial charge in [-0.05, 0) is 51.1 Å². The molecule has 8 heteroatoms. The number of nitrogens with zero attached hydrogens (tertiary/aromatic N) is 3. The number of allylic oxidation sites excluding steroid dienone is 2. The maximum Gasteiger partial charge on any atom is 0.233 e. The van der Waals surface area contributed by atoms with E-state index in [-0.39, 0.29) is 59.5 Å². The molecular formula is C22H38IN5O2. The van der Waals surface area contributed by atoms with E-state index < -0.39 is 0 Å². The van der Waals surface area contributed by atoms with Gasteiger partial charge in [0.1, 0.15) is 0 Å². The molecule has 1 heterocycles. The molecule has 3 aliphatic rings. The van der Waals surface area contributed by atoms with Crippen molar-refractivity contribution in [2.24, 2.45) is 28.7 Å². The van der Waals surface area contributed by atoms with E-state index in [2.05, 4.69) is 53.4 Å². The quantitative estimate of drug-likeness (QED) is 0.107. The van der Waals surface area contributed by atoms with Crippen LogP contribution in [0.2, 0.25) is 0 Å². The molecule has 0 aromatic heterocycles. The van der Waals surface area contributed by atoms with Crippen molar-refractivity contribution in [2.75, 3.05) is 45.8 Å². The SMILES string of the molecule is CCCN(CC)CCNC(=NCCCN1C(=O)C2C3C=CC(C3)C2C1=O)NCC.I. The Morgan fingerprint density at radius 1 is 1.10 bits per heavy atom. The molecule has 2 fully saturated rings. The summed E-state index contributed by atoms with van der Waals surface area (Å²) >= 11 is 0. The average Bonchev–Trinajstić information content (AvgIpc) is 3.39.